The van der Waals surface area contributed by atoms with E-state index in [1.807, 2.05) is 36.4 Å². The van der Waals surface area contributed by atoms with Crippen molar-refractivity contribution >= 4 is 18.0 Å². The lowest BCUT2D eigenvalue weighted by molar-refractivity contribution is -0.144. The summed E-state index contributed by atoms with van der Waals surface area (Å²) in [7, 11) is 0. The highest BCUT2D eigenvalue weighted by Gasteiger charge is 2.30. The Morgan fingerprint density at radius 3 is 2.23 bits per heavy atom. The molecule has 2 amide bonds. The van der Waals surface area contributed by atoms with Gasteiger partial charge in [-0.2, -0.15) is 0 Å². The summed E-state index contributed by atoms with van der Waals surface area (Å²) in [6.07, 6.45) is 1.04. The van der Waals surface area contributed by atoms with Crippen LogP contribution in [0.4, 0.5) is 4.79 Å². The lowest BCUT2D eigenvalue weighted by atomic mass is 9.98. The molecular weight excluding hydrogens is 396 g/mol. The Morgan fingerprint density at radius 2 is 1.71 bits per heavy atom. The molecule has 1 aliphatic carbocycles. The van der Waals surface area contributed by atoms with Gasteiger partial charge in [0.15, 0.2) is 0 Å². The van der Waals surface area contributed by atoms with Crippen LogP contribution in [0.3, 0.4) is 0 Å². The quantitative estimate of drug-likeness (QED) is 0.604. The summed E-state index contributed by atoms with van der Waals surface area (Å²) in [6.45, 7) is 5.03. The van der Waals surface area contributed by atoms with Crippen molar-refractivity contribution in [1.29, 1.82) is 0 Å². The zero-order valence-electron chi connectivity index (χ0n) is 17.4. The van der Waals surface area contributed by atoms with Gasteiger partial charge < -0.3 is 20.1 Å². The van der Waals surface area contributed by atoms with Crippen molar-refractivity contribution in [1.82, 2.24) is 10.2 Å². The van der Waals surface area contributed by atoms with Crippen LogP contribution < -0.4 is 5.32 Å². The molecule has 7 heteroatoms. The maximum Gasteiger partial charge on any atom is 0.407 e. The highest BCUT2D eigenvalue weighted by Crippen LogP contribution is 2.44. The Kier molecular flexibility index (Phi) is 7.07. The van der Waals surface area contributed by atoms with E-state index < -0.39 is 30.6 Å². The fourth-order valence-electron chi connectivity index (χ4n) is 3.89. The summed E-state index contributed by atoms with van der Waals surface area (Å²) >= 11 is 0. The van der Waals surface area contributed by atoms with E-state index in [4.69, 9.17) is 9.84 Å². The van der Waals surface area contributed by atoms with Crippen LogP contribution in [0.5, 0.6) is 0 Å². The average Bonchev–Trinajstić information content (AvgIpc) is 3.09. The minimum absolute atomic E-state index is 0.0774. The van der Waals surface area contributed by atoms with Gasteiger partial charge in [-0.25, -0.2) is 4.79 Å². The van der Waals surface area contributed by atoms with Crippen molar-refractivity contribution in [3.8, 4) is 11.1 Å². The minimum Gasteiger partial charge on any atom is -0.480 e. The van der Waals surface area contributed by atoms with Crippen molar-refractivity contribution in [2.24, 2.45) is 0 Å². The lowest BCUT2D eigenvalue weighted by Crippen LogP contribution is -2.49. The molecule has 0 aliphatic heterocycles. The van der Waals surface area contributed by atoms with Gasteiger partial charge in [0, 0.05) is 12.5 Å². The SMILES string of the molecule is C=CCN(CC(=O)O)C(=O)[C@@H](CC)NC(=O)OCC1c2ccccc2-c2ccccc21. The molecule has 1 aliphatic rings. The van der Waals surface area contributed by atoms with Crippen LogP contribution in [0.1, 0.15) is 30.4 Å². The number of benzene rings is 2. The summed E-state index contributed by atoms with van der Waals surface area (Å²) < 4.78 is 5.49. The lowest BCUT2D eigenvalue weighted by Gasteiger charge is -2.25. The maximum absolute atomic E-state index is 12.7. The van der Waals surface area contributed by atoms with E-state index in [1.165, 1.54) is 6.08 Å². The number of carboxylic acids is 1. The molecule has 0 spiro atoms. The Morgan fingerprint density at radius 1 is 1.13 bits per heavy atom. The molecule has 3 rings (SSSR count). The van der Waals surface area contributed by atoms with E-state index in [1.54, 1.807) is 6.92 Å². The largest absolute Gasteiger partial charge is 0.480 e. The Labute approximate surface area is 181 Å². The van der Waals surface area contributed by atoms with Crippen molar-refractivity contribution in [3.63, 3.8) is 0 Å². The van der Waals surface area contributed by atoms with Gasteiger partial charge in [0.1, 0.15) is 19.2 Å². The van der Waals surface area contributed by atoms with Crippen molar-refractivity contribution in [3.05, 3.63) is 72.3 Å². The van der Waals surface area contributed by atoms with E-state index in [0.717, 1.165) is 27.2 Å². The minimum atomic E-state index is -1.13. The van der Waals surface area contributed by atoms with Crippen molar-refractivity contribution in [2.75, 3.05) is 19.7 Å². The van der Waals surface area contributed by atoms with E-state index in [9.17, 15) is 14.4 Å². The number of carbonyl (C=O) groups is 3. The number of aliphatic carboxylic acids is 1. The molecule has 0 radical (unpaired) electrons. The number of fused-ring (bicyclic) bond motifs is 3. The van der Waals surface area contributed by atoms with E-state index in [0.29, 0.717) is 6.42 Å². The third kappa shape index (κ3) is 4.94. The zero-order chi connectivity index (χ0) is 22.4. The molecule has 0 unspecified atom stereocenters. The Balaban J connectivity index is 1.66. The van der Waals surface area contributed by atoms with Crippen LogP contribution in [-0.4, -0.2) is 53.7 Å². The summed E-state index contributed by atoms with van der Waals surface area (Å²) in [5.74, 6) is -1.71. The number of carboxylic acid groups (broad SMARTS) is 1. The van der Waals surface area contributed by atoms with Crippen LogP contribution in [0.2, 0.25) is 0 Å². The third-order valence-electron chi connectivity index (χ3n) is 5.33. The molecule has 0 heterocycles. The molecule has 1 atom stereocenters. The molecule has 0 aromatic heterocycles. The number of rotatable bonds is 9. The first-order chi connectivity index (χ1) is 15.0. The molecule has 162 valence electrons. The second kappa shape index (κ2) is 9.93. The molecule has 0 saturated heterocycles. The van der Waals surface area contributed by atoms with Gasteiger partial charge in [0.05, 0.1) is 0 Å². The maximum atomic E-state index is 12.7. The van der Waals surface area contributed by atoms with Crippen molar-refractivity contribution in [2.45, 2.75) is 25.3 Å². The Bertz CT molecular complexity index is 942. The second-order valence-corrected chi connectivity index (χ2v) is 7.33. The number of nitrogens with zero attached hydrogens (tertiary/aromatic N) is 1. The number of ether oxygens (including phenoxy) is 1. The highest BCUT2D eigenvalue weighted by atomic mass is 16.5. The number of nitrogens with one attached hydrogen (secondary N) is 1. The van der Waals surface area contributed by atoms with Gasteiger partial charge in [-0.1, -0.05) is 61.5 Å². The van der Waals surface area contributed by atoms with Gasteiger partial charge in [0.2, 0.25) is 5.91 Å². The van der Waals surface area contributed by atoms with E-state index >= 15 is 0 Å². The summed E-state index contributed by atoms with van der Waals surface area (Å²) in [5.41, 5.74) is 4.45. The number of hydrogen-bond donors (Lipinski definition) is 2. The molecule has 2 aromatic carbocycles. The summed E-state index contributed by atoms with van der Waals surface area (Å²) in [4.78, 5) is 37.3. The number of amides is 2. The smallest absolute Gasteiger partial charge is 0.407 e. The third-order valence-corrected chi connectivity index (χ3v) is 5.33. The van der Waals surface area contributed by atoms with E-state index in [2.05, 4.69) is 24.0 Å². The second-order valence-electron chi connectivity index (χ2n) is 7.33. The Hall–Kier alpha value is -3.61. The molecule has 0 fully saturated rings. The average molecular weight is 422 g/mol. The van der Waals surface area contributed by atoms with Gasteiger partial charge in [-0.15, -0.1) is 6.58 Å². The first kappa shape index (κ1) is 22.1. The number of alkyl carbamates (subject to hydrolysis) is 1. The topological polar surface area (TPSA) is 95.9 Å². The number of carbonyl (C=O) groups excluding carboxylic acids is 2. The van der Waals surface area contributed by atoms with Crippen LogP contribution in [0, 0.1) is 0 Å². The molecule has 0 saturated carbocycles. The first-order valence-corrected chi connectivity index (χ1v) is 10.2. The molecule has 2 N–H and O–H groups in total. The van der Waals surface area contributed by atoms with Gasteiger partial charge in [0.25, 0.3) is 0 Å². The predicted molar refractivity (Wildman–Crippen MR) is 117 cm³/mol. The fourth-order valence-corrected chi connectivity index (χ4v) is 3.89. The summed E-state index contributed by atoms with van der Waals surface area (Å²) in [5, 5.41) is 11.6. The first-order valence-electron chi connectivity index (χ1n) is 10.2. The van der Waals surface area contributed by atoms with Gasteiger partial charge in [-0.3, -0.25) is 9.59 Å². The highest BCUT2D eigenvalue weighted by molar-refractivity contribution is 5.88. The number of hydrogen-bond acceptors (Lipinski definition) is 4. The van der Waals surface area contributed by atoms with Crippen LogP contribution >= 0.6 is 0 Å². The van der Waals surface area contributed by atoms with Gasteiger partial charge in [-0.05, 0) is 28.7 Å². The van der Waals surface area contributed by atoms with Crippen LogP contribution in [0.25, 0.3) is 11.1 Å². The standard InChI is InChI=1S/C24H26N2O5/c1-3-13-26(14-22(27)28)23(29)21(4-2)25-24(30)31-15-20-18-11-7-5-9-16(18)17-10-6-8-12-19(17)20/h3,5-12,20-21H,1,4,13-15H2,2H3,(H,25,30)(H,27,28)/t21-/m1/s1. The summed E-state index contributed by atoms with van der Waals surface area (Å²) in [6, 6.07) is 15.2. The predicted octanol–water partition coefficient (Wildman–Crippen LogP) is 3.40. The van der Waals surface area contributed by atoms with Crippen LogP contribution in [-0.2, 0) is 14.3 Å². The van der Waals surface area contributed by atoms with E-state index in [-0.39, 0.29) is 19.1 Å². The molecule has 31 heavy (non-hydrogen) atoms. The zero-order valence-corrected chi connectivity index (χ0v) is 17.4. The molecule has 2 aromatic rings. The van der Waals surface area contributed by atoms with Crippen LogP contribution in [0.15, 0.2) is 61.2 Å². The van der Waals surface area contributed by atoms with Gasteiger partial charge >= 0.3 is 12.1 Å². The monoisotopic (exact) mass is 422 g/mol. The molecule has 7 nitrogen and oxygen atoms in total. The molecular formula is C24H26N2O5. The fraction of sp³-hybridized carbons (Fsp3) is 0.292. The van der Waals surface area contributed by atoms with Crippen molar-refractivity contribution < 1.29 is 24.2 Å². The molecule has 0 bridgehead atoms. The normalized spacial score (nSPS) is 12.9.